The molecule has 1 saturated carbocycles. The molecular formula is C22H24N4O3. The molecule has 2 aromatic rings. The molecule has 1 aliphatic heterocycles. The van der Waals surface area contributed by atoms with Crippen molar-refractivity contribution in [3.05, 3.63) is 65.0 Å². The highest BCUT2D eigenvalue weighted by Crippen LogP contribution is 2.45. The zero-order valence-corrected chi connectivity index (χ0v) is 16.5. The molecule has 1 aromatic carbocycles. The van der Waals surface area contributed by atoms with Crippen molar-refractivity contribution in [3.8, 4) is 0 Å². The van der Waals surface area contributed by atoms with Gasteiger partial charge in [-0.1, -0.05) is 30.3 Å². The Morgan fingerprint density at radius 3 is 2.38 bits per heavy atom. The maximum atomic E-state index is 12.9. The van der Waals surface area contributed by atoms with Crippen molar-refractivity contribution in [3.63, 3.8) is 0 Å². The van der Waals surface area contributed by atoms with Crippen LogP contribution in [-0.4, -0.2) is 53.8 Å². The van der Waals surface area contributed by atoms with Crippen molar-refractivity contribution in [1.82, 2.24) is 20.5 Å². The average Bonchev–Trinajstić information content (AvgIpc) is 3.15. The summed E-state index contributed by atoms with van der Waals surface area (Å²) in [6, 6.07) is 13.2. The second-order valence-corrected chi connectivity index (χ2v) is 7.72. The van der Waals surface area contributed by atoms with Gasteiger partial charge in [0.1, 0.15) is 5.69 Å². The first-order valence-corrected chi connectivity index (χ1v) is 9.79. The zero-order chi connectivity index (χ0) is 20.5. The number of nitrogens with one attached hydrogen (secondary N) is 2. The molecule has 1 aliphatic carbocycles. The molecule has 3 amide bonds. The molecule has 0 bridgehead atoms. The summed E-state index contributed by atoms with van der Waals surface area (Å²) in [5, 5.41) is 5.64. The van der Waals surface area contributed by atoms with Gasteiger partial charge in [0.15, 0.2) is 0 Å². The number of pyridine rings is 1. The molecule has 1 saturated heterocycles. The number of hydrogen-bond acceptors (Lipinski definition) is 4. The summed E-state index contributed by atoms with van der Waals surface area (Å²) in [5.41, 5.74) is 2.38. The van der Waals surface area contributed by atoms with E-state index in [9.17, 15) is 14.4 Å². The molecule has 7 nitrogen and oxygen atoms in total. The smallest absolute Gasteiger partial charge is 0.269 e. The maximum absolute atomic E-state index is 12.9. The Kier molecular flexibility index (Phi) is 5.05. The van der Waals surface area contributed by atoms with E-state index in [0.29, 0.717) is 42.6 Å². The normalized spacial score (nSPS) is 22.0. The van der Waals surface area contributed by atoms with E-state index in [-0.39, 0.29) is 29.5 Å². The highest BCUT2D eigenvalue weighted by molar-refractivity contribution is 5.99. The van der Waals surface area contributed by atoms with Crippen molar-refractivity contribution in [2.45, 2.75) is 19.4 Å². The minimum atomic E-state index is -0.325. The van der Waals surface area contributed by atoms with Gasteiger partial charge in [0, 0.05) is 62.6 Å². The average molecular weight is 392 g/mol. The minimum Gasteiger partial charge on any atom is -0.354 e. The van der Waals surface area contributed by atoms with Gasteiger partial charge in [-0.05, 0) is 17.7 Å². The second-order valence-electron chi connectivity index (χ2n) is 7.72. The largest absolute Gasteiger partial charge is 0.354 e. The van der Waals surface area contributed by atoms with Gasteiger partial charge < -0.3 is 15.5 Å². The third-order valence-corrected chi connectivity index (χ3v) is 5.77. The molecule has 2 aliphatic rings. The van der Waals surface area contributed by atoms with Gasteiger partial charge >= 0.3 is 0 Å². The highest BCUT2D eigenvalue weighted by atomic mass is 16.2. The molecule has 3 atom stereocenters. The fourth-order valence-corrected chi connectivity index (χ4v) is 4.09. The first kappa shape index (κ1) is 19.1. The lowest BCUT2D eigenvalue weighted by Gasteiger charge is -2.18. The number of likely N-dealkylation sites (tertiary alicyclic amines) is 1. The summed E-state index contributed by atoms with van der Waals surface area (Å²) in [6.45, 7) is 2.97. The van der Waals surface area contributed by atoms with Crippen LogP contribution in [-0.2, 0) is 11.2 Å². The molecule has 2 N–H and O–H groups in total. The molecule has 0 radical (unpaired) electrons. The number of nitrogens with zero attached hydrogens (tertiary/aromatic N) is 2. The van der Waals surface area contributed by atoms with Crippen molar-refractivity contribution in [2.24, 2.45) is 11.8 Å². The number of piperidine rings is 1. The van der Waals surface area contributed by atoms with Gasteiger partial charge in [0.25, 0.3) is 11.8 Å². The second kappa shape index (κ2) is 7.66. The van der Waals surface area contributed by atoms with E-state index in [2.05, 4.69) is 15.6 Å². The first-order chi connectivity index (χ1) is 14.0. The summed E-state index contributed by atoms with van der Waals surface area (Å²) < 4.78 is 0. The van der Waals surface area contributed by atoms with Crippen LogP contribution in [0.25, 0.3) is 0 Å². The molecule has 2 heterocycles. The number of carbonyl (C=O) groups is 3. The molecule has 4 rings (SSSR count). The van der Waals surface area contributed by atoms with Gasteiger partial charge in [-0.3, -0.25) is 14.4 Å². The Bertz CT molecular complexity index is 948. The Balaban J connectivity index is 1.50. The Morgan fingerprint density at radius 2 is 1.76 bits per heavy atom. The lowest BCUT2D eigenvalue weighted by atomic mass is 10.1. The summed E-state index contributed by atoms with van der Waals surface area (Å²) in [4.78, 5) is 42.7. The van der Waals surface area contributed by atoms with Crippen LogP contribution in [0.5, 0.6) is 0 Å². The van der Waals surface area contributed by atoms with Crippen molar-refractivity contribution in [2.75, 3.05) is 20.1 Å². The Hall–Kier alpha value is -3.22. The molecule has 0 spiro atoms. The van der Waals surface area contributed by atoms with Gasteiger partial charge in [-0.15, -0.1) is 0 Å². The van der Waals surface area contributed by atoms with E-state index in [4.69, 9.17) is 0 Å². The van der Waals surface area contributed by atoms with E-state index in [1.807, 2.05) is 35.2 Å². The third-order valence-electron chi connectivity index (χ3n) is 5.77. The van der Waals surface area contributed by atoms with E-state index in [1.54, 1.807) is 20.0 Å². The molecule has 150 valence electrons. The van der Waals surface area contributed by atoms with Gasteiger partial charge in [0.2, 0.25) is 5.91 Å². The van der Waals surface area contributed by atoms with E-state index in [0.717, 1.165) is 5.56 Å². The third kappa shape index (κ3) is 3.99. The van der Waals surface area contributed by atoms with Crippen LogP contribution in [0.15, 0.2) is 42.5 Å². The van der Waals surface area contributed by atoms with Gasteiger partial charge in [-0.2, -0.15) is 0 Å². The molecule has 1 aromatic heterocycles. The number of aromatic nitrogens is 1. The van der Waals surface area contributed by atoms with Crippen LogP contribution in [0.2, 0.25) is 0 Å². The predicted molar refractivity (Wildman–Crippen MR) is 107 cm³/mol. The van der Waals surface area contributed by atoms with Crippen LogP contribution in [0.3, 0.4) is 0 Å². The lowest BCUT2D eigenvalue weighted by molar-refractivity contribution is -0.128. The molecule has 29 heavy (non-hydrogen) atoms. The minimum absolute atomic E-state index is 0.0807. The summed E-state index contributed by atoms with van der Waals surface area (Å²) >= 11 is 0. The Labute approximate surface area is 169 Å². The molecular weight excluding hydrogens is 368 g/mol. The number of amides is 3. The summed E-state index contributed by atoms with van der Waals surface area (Å²) in [6.07, 6.45) is 0.536. The van der Waals surface area contributed by atoms with Crippen molar-refractivity contribution < 1.29 is 14.4 Å². The van der Waals surface area contributed by atoms with Crippen LogP contribution >= 0.6 is 0 Å². The standard InChI is InChI=1S/C22H24N4O3/c1-13(27)26-11-17-18(12-26)20(17)25-21(28)15-9-16(8-14-6-4-3-5-7-14)24-19(10-15)22(29)23-2/h3-7,9-10,17-18,20H,8,11-12H2,1-2H3,(H,23,29)(H,25,28)/t17-,18+,20+. The van der Waals surface area contributed by atoms with Crippen molar-refractivity contribution >= 4 is 17.7 Å². The molecule has 0 unspecified atom stereocenters. The molecule has 2 fully saturated rings. The van der Waals surface area contributed by atoms with Crippen LogP contribution < -0.4 is 10.6 Å². The topological polar surface area (TPSA) is 91.4 Å². The first-order valence-electron chi connectivity index (χ1n) is 9.79. The summed E-state index contributed by atoms with van der Waals surface area (Å²) in [7, 11) is 1.54. The molecule has 7 heteroatoms. The predicted octanol–water partition coefficient (Wildman–Crippen LogP) is 1.24. The van der Waals surface area contributed by atoms with E-state index >= 15 is 0 Å². The fourth-order valence-electron chi connectivity index (χ4n) is 4.09. The van der Waals surface area contributed by atoms with E-state index < -0.39 is 0 Å². The number of benzene rings is 1. The maximum Gasteiger partial charge on any atom is 0.269 e. The number of fused-ring (bicyclic) bond motifs is 1. The SMILES string of the molecule is CNC(=O)c1cc(C(=O)N[C@H]2[C@@H]3CN(C(C)=O)C[C@@H]32)cc(Cc2ccccc2)n1. The number of rotatable bonds is 5. The van der Waals surface area contributed by atoms with E-state index in [1.165, 1.54) is 6.07 Å². The number of hydrogen-bond donors (Lipinski definition) is 2. The highest BCUT2D eigenvalue weighted by Gasteiger charge is 2.57. The lowest BCUT2D eigenvalue weighted by Crippen LogP contribution is -2.36. The van der Waals surface area contributed by atoms with Crippen LogP contribution in [0.1, 0.15) is 39.0 Å². The quantitative estimate of drug-likeness (QED) is 0.801. The van der Waals surface area contributed by atoms with Crippen LogP contribution in [0, 0.1) is 11.8 Å². The Morgan fingerprint density at radius 1 is 1.07 bits per heavy atom. The fraction of sp³-hybridized carbons (Fsp3) is 0.364. The summed E-state index contributed by atoms with van der Waals surface area (Å²) in [5.74, 6) is 0.200. The van der Waals surface area contributed by atoms with Gasteiger partial charge in [-0.25, -0.2) is 4.98 Å². The monoisotopic (exact) mass is 392 g/mol. The van der Waals surface area contributed by atoms with Gasteiger partial charge in [0.05, 0.1) is 0 Å². The van der Waals surface area contributed by atoms with Crippen molar-refractivity contribution in [1.29, 1.82) is 0 Å². The number of carbonyl (C=O) groups excluding carboxylic acids is 3. The zero-order valence-electron chi connectivity index (χ0n) is 16.5. The van der Waals surface area contributed by atoms with Crippen LogP contribution in [0.4, 0.5) is 0 Å².